The van der Waals surface area contributed by atoms with Gasteiger partial charge in [0.1, 0.15) is 11.4 Å². The van der Waals surface area contributed by atoms with Gasteiger partial charge in [-0.05, 0) is 86.3 Å². The van der Waals surface area contributed by atoms with Crippen LogP contribution in [0.3, 0.4) is 0 Å². The molecule has 3 aromatic carbocycles. The summed E-state index contributed by atoms with van der Waals surface area (Å²) >= 11 is 9.59. The van der Waals surface area contributed by atoms with Gasteiger partial charge in [-0.15, -0.1) is 0 Å². The van der Waals surface area contributed by atoms with Crippen LogP contribution in [-0.2, 0) is 22.3 Å². The Hall–Kier alpha value is -3.07. The summed E-state index contributed by atoms with van der Waals surface area (Å²) in [6.07, 6.45) is -0.228. The van der Waals surface area contributed by atoms with E-state index >= 15 is 0 Å². The molecule has 3 rings (SSSR count). The molecule has 1 atom stereocenters. The van der Waals surface area contributed by atoms with Crippen LogP contribution in [0.15, 0.2) is 71.2 Å². The van der Waals surface area contributed by atoms with Gasteiger partial charge in [0.25, 0.3) is 0 Å². The number of carbonyl (C=O) groups is 2. The minimum Gasteiger partial charge on any atom is -0.493 e. The Labute approximate surface area is 249 Å². The van der Waals surface area contributed by atoms with Crippen molar-refractivity contribution in [3.05, 3.63) is 98.5 Å². The molecule has 0 radical (unpaired) electrons. The molecule has 40 heavy (non-hydrogen) atoms. The third-order valence-corrected chi connectivity index (χ3v) is 6.99. The highest BCUT2D eigenvalue weighted by molar-refractivity contribution is 9.10. The highest BCUT2D eigenvalue weighted by Gasteiger charge is 2.24. The number of rotatable bonds is 11. The molecule has 214 valence electrons. The lowest BCUT2D eigenvalue weighted by Crippen LogP contribution is -2.40. The normalized spacial score (nSPS) is 12.0. The van der Waals surface area contributed by atoms with Gasteiger partial charge in [0.15, 0.2) is 0 Å². The summed E-state index contributed by atoms with van der Waals surface area (Å²) in [6, 6.07) is 20.0. The van der Waals surface area contributed by atoms with Gasteiger partial charge >= 0.3 is 12.1 Å². The zero-order chi connectivity index (χ0) is 29.3. The predicted molar refractivity (Wildman–Crippen MR) is 159 cm³/mol. The van der Waals surface area contributed by atoms with Crippen molar-refractivity contribution in [1.29, 1.82) is 0 Å². The van der Waals surface area contributed by atoms with Crippen LogP contribution in [0.2, 0.25) is 5.02 Å². The molecule has 7 nitrogen and oxygen atoms in total. The van der Waals surface area contributed by atoms with Crippen molar-refractivity contribution >= 4 is 39.6 Å². The number of amides is 1. The van der Waals surface area contributed by atoms with E-state index in [-0.39, 0.29) is 12.5 Å². The molecule has 0 heterocycles. The van der Waals surface area contributed by atoms with E-state index in [9.17, 15) is 14.7 Å². The van der Waals surface area contributed by atoms with Crippen molar-refractivity contribution in [3.8, 4) is 5.75 Å². The van der Waals surface area contributed by atoms with Crippen LogP contribution in [0, 0.1) is 0 Å². The Balaban J connectivity index is 1.58. The Morgan fingerprint density at radius 1 is 1.02 bits per heavy atom. The van der Waals surface area contributed by atoms with Crippen LogP contribution < -0.4 is 4.74 Å². The Kier molecular flexibility index (Phi) is 11.4. The monoisotopic (exact) mass is 631 g/mol. The highest BCUT2D eigenvalue weighted by Crippen LogP contribution is 2.22. The summed E-state index contributed by atoms with van der Waals surface area (Å²) in [5, 5.41) is 11.3. The van der Waals surface area contributed by atoms with Crippen LogP contribution in [0.4, 0.5) is 4.79 Å². The molecule has 1 amide bonds. The largest absolute Gasteiger partial charge is 0.493 e. The molecule has 3 aromatic rings. The second-order valence-corrected chi connectivity index (χ2v) is 11.6. The van der Waals surface area contributed by atoms with E-state index in [1.54, 1.807) is 36.4 Å². The number of nitrogens with zero attached hydrogens (tertiary/aromatic N) is 1. The van der Waals surface area contributed by atoms with Gasteiger partial charge in [-0.25, -0.2) is 9.59 Å². The summed E-state index contributed by atoms with van der Waals surface area (Å²) in [6.45, 7) is 6.29. The number of esters is 1. The van der Waals surface area contributed by atoms with Crippen molar-refractivity contribution < 1.29 is 28.9 Å². The van der Waals surface area contributed by atoms with Crippen molar-refractivity contribution in [2.75, 3.05) is 26.8 Å². The highest BCUT2D eigenvalue weighted by atomic mass is 79.9. The summed E-state index contributed by atoms with van der Waals surface area (Å²) < 4.78 is 17.2. The van der Waals surface area contributed by atoms with E-state index in [1.807, 2.05) is 51.1 Å². The molecule has 0 unspecified atom stereocenters. The quantitative estimate of drug-likeness (QED) is 0.229. The Morgan fingerprint density at radius 3 is 2.40 bits per heavy atom. The Morgan fingerprint density at radius 2 is 1.75 bits per heavy atom. The van der Waals surface area contributed by atoms with Gasteiger partial charge in [0, 0.05) is 22.5 Å². The molecule has 0 fully saturated rings. The molecule has 0 aromatic heterocycles. The molecule has 9 heteroatoms. The average molecular weight is 633 g/mol. The van der Waals surface area contributed by atoms with Crippen molar-refractivity contribution in [3.63, 3.8) is 0 Å². The molecule has 0 saturated heterocycles. The first-order valence-electron chi connectivity index (χ1n) is 12.9. The third kappa shape index (κ3) is 9.84. The summed E-state index contributed by atoms with van der Waals surface area (Å²) in [7, 11) is 1.36. The van der Waals surface area contributed by atoms with Gasteiger partial charge < -0.3 is 24.2 Å². The number of aliphatic hydroxyl groups is 1. The smallest absolute Gasteiger partial charge is 0.410 e. The minimum absolute atomic E-state index is 0.0726. The van der Waals surface area contributed by atoms with E-state index in [0.717, 1.165) is 15.6 Å². The number of methoxy groups -OCH3 is 1. The number of ether oxygens (including phenoxy) is 3. The zero-order valence-corrected chi connectivity index (χ0v) is 25.5. The molecule has 0 saturated carbocycles. The SMILES string of the molecule is COC(=O)c1ccc(Br)c(CCOc2ccc(CCN(C[C@H](O)c3cccc(Cl)c3)C(=O)OC(C)(C)C)cc2)c1. The summed E-state index contributed by atoms with van der Waals surface area (Å²) in [4.78, 5) is 26.2. The average Bonchev–Trinajstić information content (AvgIpc) is 2.91. The maximum atomic E-state index is 12.9. The number of hydrogen-bond donors (Lipinski definition) is 1. The fourth-order valence-electron chi connectivity index (χ4n) is 3.92. The van der Waals surface area contributed by atoms with Crippen LogP contribution in [0.1, 0.15) is 53.9 Å². The number of halogens is 2. The standard InChI is InChI=1S/C31H35BrClNO6/c1-31(2,3)40-30(37)34(20-28(35)23-6-5-7-25(33)19-23)16-14-21-8-11-26(12-9-21)39-17-15-22-18-24(29(36)38-4)10-13-27(22)32/h5-13,18-19,28,35H,14-17,20H2,1-4H3/t28-/m0/s1. The van der Waals surface area contributed by atoms with Crippen LogP contribution in [-0.4, -0.2) is 54.5 Å². The van der Waals surface area contributed by atoms with Gasteiger partial charge in [0.05, 0.1) is 31.9 Å². The topological polar surface area (TPSA) is 85.3 Å². The molecule has 0 aliphatic carbocycles. The number of benzene rings is 3. The van der Waals surface area contributed by atoms with E-state index < -0.39 is 17.8 Å². The zero-order valence-electron chi connectivity index (χ0n) is 23.2. The molecule has 0 aliphatic rings. The summed E-state index contributed by atoms with van der Waals surface area (Å²) in [5.74, 6) is 0.332. The first-order chi connectivity index (χ1) is 18.9. The number of aliphatic hydroxyl groups excluding tert-OH is 1. The van der Waals surface area contributed by atoms with Crippen LogP contribution in [0.5, 0.6) is 5.75 Å². The van der Waals surface area contributed by atoms with Gasteiger partial charge in [-0.1, -0.05) is 51.8 Å². The first kappa shape index (κ1) is 31.5. The van der Waals surface area contributed by atoms with Gasteiger partial charge in [0.2, 0.25) is 0 Å². The van der Waals surface area contributed by atoms with Crippen molar-refractivity contribution in [2.45, 2.75) is 45.3 Å². The Bertz CT molecular complexity index is 1290. The maximum Gasteiger partial charge on any atom is 0.410 e. The lowest BCUT2D eigenvalue weighted by atomic mass is 10.1. The molecule has 0 spiro atoms. The molecular formula is C31H35BrClNO6. The van der Waals surface area contributed by atoms with E-state index in [4.69, 9.17) is 25.8 Å². The van der Waals surface area contributed by atoms with E-state index in [1.165, 1.54) is 12.0 Å². The third-order valence-electron chi connectivity index (χ3n) is 5.98. The second-order valence-electron chi connectivity index (χ2n) is 10.3. The van der Waals surface area contributed by atoms with Gasteiger partial charge in [-0.3, -0.25) is 0 Å². The number of hydrogen-bond acceptors (Lipinski definition) is 6. The lowest BCUT2D eigenvalue weighted by molar-refractivity contribution is 0.0147. The molecule has 0 bridgehead atoms. The van der Waals surface area contributed by atoms with E-state index in [2.05, 4.69) is 15.9 Å². The molecule has 1 N–H and O–H groups in total. The van der Waals surface area contributed by atoms with Gasteiger partial charge in [-0.2, -0.15) is 0 Å². The fraction of sp³-hybridized carbons (Fsp3) is 0.355. The van der Waals surface area contributed by atoms with Crippen LogP contribution in [0.25, 0.3) is 0 Å². The predicted octanol–water partition coefficient (Wildman–Crippen LogP) is 7.02. The van der Waals surface area contributed by atoms with E-state index in [0.29, 0.717) is 47.9 Å². The molecular weight excluding hydrogens is 598 g/mol. The second kappa shape index (κ2) is 14.5. The summed E-state index contributed by atoms with van der Waals surface area (Å²) in [5.41, 5.74) is 2.41. The fourth-order valence-corrected chi connectivity index (χ4v) is 4.56. The van der Waals surface area contributed by atoms with Crippen LogP contribution >= 0.6 is 27.5 Å². The minimum atomic E-state index is -0.907. The first-order valence-corrected chi connectivity index (χ1v) is 14.1. The number of carbonyl (C=O) groups excluding carboxylic acids is 2. The lowest BCUT2D eigenvalue weighted by Gasteiger charge is -2.29. The molecule has 0 aliphatic heterocycles. The van der Waals surface area contributed by atoms with Crippen molar-refractivity contribution in [2.24, 2.45) is 0 Å². The maximum absolute atomic E-state index is 12.9. The van der Waals surface area contributed by atoms with Crippen molar-refractivity contribution in [1.82, 2.24) is 4.90 Å².